The molecule has 0 fully saturated rings. The number of hydrogen-bond acceptors (Lipinski definition) is 2. The Morgan fingerprint density at radius 3 is 2.67 bits per heavy atom. The van der Waals surface area contributed by atoms with Gasteiger partial charge in [0.05, 0.1) is 5.69 Å². The van der Waals surface area contributed by atoms with E-state index in [-0.39, 0.29) is 0 Å². The van der Waals surface area contributed by atoms with Gasteiger partial charge in [-0.1, -0.05) is 20.8 Å². The maximum atomic E-state index is 4.59. The molecule has 1 aromatic heterocycles. The van der Waals surface area contributed by atoms with Gasteiger partial charge in [-0.2, -0.15) is 5.10 Å². The van der Waals surface area contributed by atoms with E-state index in [2.05, 4.69) is 48.9 Å². The summed E-state index contributed by atoms with van der Waals surface area (Å²) >= 11 is 0. The first-order valence-corrected chi connectivity index (χ1v) is 7.43. The van der Waals surface area contributed by atoms with Gasteiger partial charge in [0.25, 0.3) is 0 Å². The molecule has 0 spiro atoms. The fourth-order valence-electron chi connectivity index (χ4n) is 2.11. The summed E-state index contributed by atoms with van der Waals surface area (Å²) in [6, 6.07) is 2.27. The van der Waals surface area contributed by atoms with Crippen LogP contribution < -0.4 is 5.32 Å². The second-order valence-corrected chi connectivity index (χ2v) is 5.35. The average molecular weight is 251 g/mol. The summed E-state index contributed by atoms with van der Waals surface area (Å²) < 4.78 is 2.15. The van der Waals surface area contributed by atoms with Gasteiger partial charge < -0.3 is 5.32 Å². The first kappa shape index (κ1) is 15.2. The van der Waals surface area contributed by atoms with Gasteiger partial charge in [0.1, 0.15) is 0 Å². The molecule has 0 amide bonds. The van der Waals surface area contributed by atoms with E-state index in [4.69, 9.17) is 0 Å². The Balaban J connectivity index is 2.24. The number of aryl methyl sites for hydroxylation is 3. The highest BCUT2D eigenvalue weighted by molar-refractivity contribution is 5.10. The van der Waals surface area contributed by atoms with Crippen molar-refractivity contribution in [3.8, 4) is 0 Å². The van der Waals surface area contributed by atoms with Crippen molar-refractivity contribution in [2.75, 3.05) is 13.1 Å². The number of unbranched alkanes of at least 4 members (excludes halogenated alkanes) is 1. The molecule has 104 valence electrons. The lowest BCUT2D eigenvalue weighted by atomic mass is 10.1. The molecule has 3 heteroatoms. The van der Waals surface area contributed by atoms with E-state index in [1.165, 1.54) is 24.2 Å². The van der Waals surface area contributed by atoms with Gasteiger partial charge in [-0.05, 0) is 57.7 Å². The van der Waals surface area contributed by atoms with Crippen molar-refractivity contribution in [1.82, 2.24) is 15.1 Å². The predicted molar refractivity (Wildman–Crippen MR) is 77.9 cm³/mol. The Bertz CT molecular complexity index is 328. The maximum absolute atomic E-state index is 4.59. The molecule has 0 aromatic carbocycles. The molecule has 1 rings (SSSR count). The van der Waals surface area contributed by atoms with Crippen molar-refractivity contribution in [2.45, 2.75) is 59.9 Å². The summed E-state index contributed by atoms with van der Waals surface area (Å²) in [6.45, 7) is 12.1. The van der Waals surface area contributed by atoms with Crippen LogP contribution in [0.2, 0.25) is 0 Å². The van der Waals surface area contributed by atoms with Gasteiger partial charge in [0, 0.05) is 12.2 Å². The number of hydrogen-bond donors (Lipinski definition) is 1. The predicted octanol–water partition coefficient (Wildman–Crippen LogP) is 3.03. The lowest BCUT2D eigenvalue weighted by Crippen LogP contribution is -2.20. The van der Waals surface area contributed by atoms with E-state index in [0.717, 1.165) is 38.4 Å². The van der Waals surface area contributed by atoms with Crippen LogP contribution in [-0.2, 0) is 19.4 Å². The van der Waals surface area contributed by atoms with Gasteiger partial charge in [-0.3, -0.25) is 4.68 Å². The van der Waals surface area contributed by atoms with Crippen LogP contribution in [0.5, 0.6) is 0 Å². The SMILES string of the molecule is CCc1cc(CCCCNCC(C)C)n(CC)n1. The highest BCUT2D eigenvalue weighted by Crippen LogP contribution is 2.09. The quantitative estimate of drug-likeness (QED) is 0.684. The van der Waals surface area contributed by atoms with Gasteiger partial charge in [-0.15, -0.1) is 0 Å². The fourth-order valence-corrected chi connectivity index (χ4v) is 2.11. The van der Waals surface area contributed by atoms with Crippen molar-refractivity contribution in [2.24, 2.45) is 5.92 Å². The maximum Gasteiger partial charge on any atom is 0.0624 e. The second kappa shape index (κ2) is 8.30. The molecule has 18 heavy (non-hydrogen) atoms. The van der Waals surface area contributed by atoms with E-state index in [1.54, 1.807) is 0 Å². The molecule has 0 bridgehead atoms. The average Bonchev–Trinajstić information content (AvgIpc) is 2.75. The van der Waals surface area contributed by atoms with Gasteiger partial charge in [-0.25, -0.2) is 0 Å². The summed E-state index contributed by atoms with van der Waals surface area (Å²) in [5, 5.41) is 8.08. The Kier molecular flexibility index (Phi) is 7.02. The minimum absolute atomic E-state index is 0.749. The minimum atomic E-state index is 0.749. The molecule has 1 N–H and O–H groups in total. The van der Waals surface area contributed by atoms with E-state index in [1.807, 2.05) is 0 Å². The van der Waals surface area contributed by atoms with Crippen LogP contribution in [0.4, 0.5) is 0 Å². The standard InChI is InChI=1S/C15H29N3/c1-5-14-11-15(18(6-2)17-14)9-7-8-10-16-12-13(3)4/h11,13,16H,5-10,12H2,1-4H3. The van der Waals surface area contributed by atoms with Crippen LogP contribution >= 0.6 is 0 Å². The molecule has 0 aliphatic heterocycles. The molecule has 0 aliphatic carbocycles. The fraction of sp³-hybridized carbons (Fsp3) is 0.800. The number of rotatable bonds is 9. The molecule has 0 saturated carbocycles. The Labute approximate surface area is 112 Å². The Hall–Kier alpha value is -0.830. The molecule has 0 unspecified atom stereocenters. The first-order valence-electron chi connectivity index (χ1n) is 7.43. The first-order chi connectivity index (χ1) is 8.67. The number of aromatic nitrogens is 2. The third-order valence-corrected chi connectivity index (χ3v) is 3.16. The van der Waals surface area contributed by atoms with Crippen LogP contribution in [0.3, 0.4) is 0 Å². The third kappa shape index (κ3) is 5.21. The lowest BCUT2D eigenvalue weighted by molar-refractivity contribution is 0.529. The normalized spacial score (nSPS) is 11.4. The van der Waals surface area contributed by atoms with Crippen LogP contribution in [0.1, 0.15) is 51.9 Å². The molecular formula is C15H29N3. The van der Waals surface area contributed by atoms with Crippen molar-refractivity contribution < 1.29 is 0 Å². The molecule has 0 radical (unpaired) electrons. The van der Waals surface area contributed by atoms with Crippen molar-refractivity contribution in [3.05, 3.63) is 17.5 Å². The molecule has 0 atom stereocenters. The van der Waals surface area contributed by atoms with Crippen LogP contribution in [0.15, 0.2) is 6.07 Å². The van der Waals surface area contributed by atoms with Gasteiger partial charge in [0.2, 0.25) is 0 Å². The molecule has 3 nitrogen and oxygen atoms in total. The largest absolute Gasteiger partial charge is 0.316 e. The van der Waals surface area contributed by atoms with Crippen molar-refractivity contribution in [1.29, 1.82) is 0 Å². The monoisotopic (exact) mass is 251 g/mol. The van der Waals surface area contributed by atoms with Crippen LogP contribution in [0.25, 0.3) is 0 Å². The zero-order chi connectivity index (χ0) is 13.4. The topological polar surface area (TPSA) is 29.9 Å². The summed E-state index contributed by atoms with van der Waals surface area (Å²) in [6.07, 6.45) is 4.70. The summed E-state index contributed by atoms with van der Waals surface area (Å²) in [4.78, 5) is 0. The highest BCUT2D eigenvalue weighted by Gasteiger charge is 2.04. The molecule has 0 aliphatic rings. The minimum Gasteiger partial charge on any atom is -0.316 e. The smallest absolute Gasteiger partial charge is 0.0624 e. The number of nitrogens with one attached hydrogen (secondary N) is 1. The third-order valence-electron chi connectivity index (χ3n) is 3.16. The Morgan fingerprint density at radius 2 is 2.06 bits per heavy atom. The summed E-state index contributed by atoms with van der Waals surface area (Å²) in [5.74, 6) is 0.749. The van der Waals surface area contributed by atoms with E-state index in [9.17, 15) is 0 Å². The van der Waals surface area contributed by atoms with Gasteiger partial charge in [0.15, 0.2) is 0 Å². The zero-order valence-corrected chi connectivity index (χ0v) is 12.5. The van der Waals surface area contributed by atoms with Gasteiger partial charge >= 0.3 is 0 Å². The van der Waals surface area contributed by atoms with Crippen molar-refractivity contribution in [3.63, 3.8) is 0 Å². The van der Waals surface area contributed by atoms with Crippen molar-refractivity contribution >= 4 is 0 Å². The van der Waals surface area contributed by atoms with Crippen LogP contribution in [0, 0.1) is 5.92 Å². The Morgan fingerprint density at radius 1 is 1.28 bits per heavy atom. The molecule has 1 heterocycles. The second-order valence-electron chi connectivity index (χ2n) is 5.35. The van der Waals surface area contributed by atoms with Crippen LogP contribution in [-0.4, -0.2) is 22.9 Å². The molecule has 0 saturated heterocycles. The zero-order valence-electron chi connectivity index (χ0n) is 12.5. The molecular weight excluding hydrogens is 222 g/mol. The number of nitrogens with zero attached hydrogens (tertiary/aromatic N) is 2. The summed E-state index contributed by atoms with van der Waals surface area (Å²) in [7, 11) is 0. The highest BCUT2D eigenvalue weighted by atomic mass is 15.3. The molecule has 1 aromatic rings. The van der Waals surface area contributed by atoms with E-state index >= 15 is 0 Å². The lowest BCUT2D eigenvalue weighted by Gasteiger charge is -2.07. The summed E-state index contributed by atoms with van der Waals surface area (Å²) in [5.41, 5.74) is 2.63. The van der Waals surface area contributed by atoms with E-state index < -0.39 is 0 Å². The van der Waals surface area contributed by atoms with E-state index in [0.29, 0.717) is 0 Å².